The molecular formula is C22H20ClFN4O3S. The number of pyridine rings is 1. The fourth-order valence-electron chi connectivity index (χ4n) is 3.58. The van der Waals surface area contributed by atoms with Gasteiger partial charge in [-0.1, -0.05) is 23.7 Å². The van der Waals surface area contributed by atoms with Crippen LogP contribution in [0.5, 0.6) is 5.75 Å². The van der Waals surface area contributed by atoms with Gasteiger partial charge >= 0.3 is 6.09 Å². The molecule has 1 aromatic carbocycles. The second kappa shape index (κ2) is 9.64. The van der Waals surface area contributed by atoms with Gasteiger partial charge < -0.3 is 15.8 Å². The number of rotatable bonds is 6. The highest BCUT2D eigenvalue weighted by atomic mass is 35.5. The van der Waals surface area contributed by atoms with Crippen LogP contribution in [0.2, 0.25) is 5.02 Å². The van der Waals surface area contributed by atoms with E-state index in [1.807, 2.05) is 18.2 Å². The number of carbonyl (C=O) groups excluding carboxylic acids is 2. The average Bonchev–Trinajstić information content (AvgIpc) is 3.06. The summed E-state index contributed by atoms with van der Waals surface area (Å²) in [5.41, 5.74) is 7.27. The molecule has 0 fully saturated rings. The van der Waals surface area contributed by atoms with Crippen molar-refractivity contribution in [1.82, 2.24) is 9.88 Å². The SMILES string of the molecule is NC(=O)Oc1c(NC(=O)Cc2ccc(Cl)cc2F)sc2c1CCN(Cc1ccccn1)C2. The summed E-state index contributed by atoms with van der Waals surface area (Å²) in [6.45, 7) is 2.04. The first kappa shape index (κ1) is 22.2. The van der Waals surface area contributed by atoms with E-state index in [0.717, 1.165) is 28.7 Å². The number of thiophene rings is 1. The maximum absolute atomic E-state index is 14.1. The number of aromatic nitrogens is 1. The Morgan fingerprint density at radius 2 is 2.16 bits per heavy atom. The summed E-state index contributed by atoms with van der Waals surface area (Å²) in [4.78, 5) is 31.6. The summed E-state index contributed by atoms with van der Waals surface area (Å²) >= 11 is 7.09. The first-order valence-corrected chi connectivity index (χ1v) is 11.1. The van der Waals surface area contributed by atoms with Crippen molar-refractivity contribution in [2.75, 3.05) is 11.9 Å². The minimum atomic E-state index is -0.958. The molecule has 1 aliphatic rings. The van der Waals surface area contributed by atoms with Crippen molar-refractivity contribution < 1.29 is 18.7 Å². The molecule has 0 saturated heterocycles. The molecule has 0 saturated carbocycles. The molecule has 32 heavy (non-hydrogen) atoms. The highest BCUT2D eigenvalue weighted by Crippen LogP contribution is 2.43. The molecule has 0 unspecified atom stereocenters. The van der Waals surface area contributed by atoms with Crippen LogP contribution in [0.4, 0.5) is 14.2 Å². The van der Waals surface area contributed by atoms with Gasteiger partial charge in [-0.25, -0.2) is 9.18 Å². The predicted molar refractivity (Wildman–Crippen MR) is 120 cm³/mol. The summed E-state index contributed by atoms with van der Waals surface area (Å²) in [6.07, 6.45) is 1.24. The van der Waals surface area contributed by atoms with Crippen LogP contribution in [0, 0.1) is 5.82 Å². The molecule has 7 nitrogen and oxygen atoms in total. The van der Waals surface area contributed by atoms with Crippen molar-refractivity contribution in [2.24, 2.45) is 5.73 Å². The van der Waals surface area contributed by atoms with E-state index in [9.17, 15) is 14.0 Å². The number of carbonyl (C=O) groups is 2. The van der Waals surface area contributed by atoms with Gasteiger partial charge in [0.15, 0.2) is 5.75 Å². The highest BCUT2D eigenvalue weighted by Gasteiger charge is 2.28. The lowest BCUT2D eigenvalue weighted by atomic mass is 10.1. The normalized spacial score (nSPS) is 13.4. The van der Waals surface area contributed by atoms with Gasteiger partial charge in [0.1, 0.15) is 10.8 Å². The molecule has 1 aliphatic heterocycles. The summed E-state index contributed by atoms with van der Waals surface area (Å²) in [5, 5.41) is 3.38. The third kappa shape index (κ3) is 5.24. The fourth-order valence-corrected chi connectivity index (χ4v) is 4.98. The van der Waals surface area contributed by atoms with E-state index in [1.165, 1.54) is 23.5 Å². The van der Waals surface area contributed by atoms with Crippen molar-refractivity contribution in [3.05, 3.63) is 75.1 Å². The third-order valence-corrected chi connectivity index (χ3v) is 6.37. The number of amides is 2. The number of benzene rings is 1. The molecule has 0 spiro atoms. The molecular weight excluding hydrogens is 455 g/mol. The Morgan fingerprint density at radius 1 is 1.31 bits per heavy atom. The van der Waals surface area contributed by atoms with E-state index in [-0.39, 0.29) is 22.8 Å². The molecule has 4 rings (SSSR count). The van der Waals surface area contributed by atoms with E-state index in [4.69, 9.17) is 22.1 Å². The number of hydrogen-bond donors (Lipinski definition) is 2. The van der Waals surface area contributed by atoms with Crippen molar-refractivity contribution in [1.29, 1.82) is 0 Å². The Labute approximate surface area is 193 Å². The van der Waals surface area contributed by atoms with Gasteiger partial charge in [0.25, 0.3) is 0 Å². The maximum Gasteiger partial charge on any atom is 0.410 e. The highest BCUT2D eigenvalue weighted by molar-refractivity contribution is 7.17. The van der Waals surface area contributed by atoms with E-state index < -0.39 is 17.8 Å². The van der Waals surface area contributed by atoms with Crippen molar-refractivity contribution in [3.63, 3.8) is 0 Å². The van der Waals surface area contributed by atoms with Gasteiger partial charge in [0.2, 0.25) is 5.91 Å². The smallest absolute Gasteiger partial charge is 0.407 e. The van der Waals surface area contributed by atoms with Crippen LogP contribution in [0.15, 0.2) is 42.6 Å². The number of fused-ring (bicyclic) bond motifs is 1. The van der Waals surface area contributed by atoms with Gasteiger partial charge in [-0.05, 0) is 36.2 Å². The second-order valence-electron chi connectivity index (χ2n) is 7.33. The molecule has 3 heterocycles. The summed E-state index contributed by atoms with van der Waals surface area (Å²) in [5.74, 6) is -0.735. The van der Waals surface area contributed by atoms with Crippen LogP contribution in [0.25, 0.3) is 0 Å². The first-order valence-electron chi connectivity index (χ1n) is 9.87. The van der Waals surface area contributed by atoms with E-state index in [2.05, 4.69) is 15.2 Å². The maximum atomic E-state index is 14.1. The van der Waals surface area contributed by atoms with Crippen LogP contribution in [-0.2, 0) is 30.7 Å². The van der Waals surface area contributed by atoms with E-state index in [1.54, 1.807) is 6.20 Å². The minimum absolute atomic E-state index is 0.187. The summed E-state index contributed by atoms with van der Waals surface area (Å²) < 4.78 is 19.3. The topological polar surface area (TPSA) is 97.6 Å². The van der Waals surface area contributed by atoms with Gasteiger partial charge in [0.05, 0.1) is 12.1 Å². The van der Waals surface area contributed by atoms with Crippen LogP contribution < -0.4 is 15.8 Å². The number of hydrogen-bond acceptors (Lipinski definition) is 6. The number of nitrogens with zero attached hydrogens (tertiary/aromatic N) is 2. The van der Waals surface area contributed by atoms with Crippen molar-refractivity contribution in [3.8, 4) is 5.75 Å². The second-order valence-corrected chi connectivity index (χ2v) is 8.87. The number of ether oxygens (including phenoxy) is 1. The molecule has 0 bridgehead atoms. The number of anilines is 1. The number of primary amides is 1. The van der Waals surface area contributed by atoms with Crippen molar-refractivity contribution in [2.45, 2.75) is 25.9 Å². The molecule has 10 heteroatoms. The monoisotopic (exact) mass is 474 g/mol. The van der Waals surface area contributed by atoms with Crippen LogP contribution in [-0.4, -0.2) is 28.4 Å². The van der Waals surface area contributed by atoms with Crippen LogP contribution in [0.3, 0.4) is 0 Å². The molecule has 2 aromatic heterocycles. The van der Waals surface area contributed by atoms with Gasteiger partial charge in [-0.3, -0.25) is 14.7 Å². The Bertz CT molecular complexity index is 1160. The lowest BCUT2D eigenvalue weighted by molar-refractivity contribution is -0.115. The molecule has 3 N–H and O–H groups in total. The van der Waals surface area contributed by atoms with Gasteiger partial charge in [-0.2, -0.15) is 0 Å². The molecule has 166 valence electrons. The summed E-state index contributed by atoms with van der Waals surface area (Å²) in [7, 11) is 0. The molecule has 2 amide bonds. The Morgan fingerprint density at radius 3 is 2.88 bits per heavy atom. The van der Waals surface area contributed by atoms with Gasteiger partial charge in [0, 0.05) is 41.3 Å². The van der Waals surface area contributed by atoms with E-state index >= 15 is 0 Å². The van der Waals surface area contributed by atoms with Crippen LogP contribution in [0.1, 0.15) is 21.7 Å². The lowest BCUT2D eigenvalue weighted by Gasteiger charge is -2.26. The molecule has 0 aliphatic carbocycles. The number of nitrogens with one attached hydrogen (secondary N) is 1. The molecule has 0 radical (unpaired) electrons. The summed E-state index contributed by atoms with van der Waals surface area (Å²) in [6, 6.07) is 9.93. The third-order valence-electron chi connectivity index (χ3n) is 5.02. The zero-order chi connectivity index (χ0) is 22.7. The predicted octanol–water partition coefficient (Wildman–Crippen LogP) is 4.13. The van der Waals surface area contributed by atoms with E-state index in [0.29, 0.717) is 24.5 Å². The molecule has 3 aromatic rings. The minimum Gasteiger partial charge on any atom is -0.407 e. The fraction of sp³-hybridized carbons (Fsp3) is 0.227. The van der Waals surface area contributed by atoms with Crippen molar-refractivity contribution >= 4 is 39.9 Å². The average molecular weight is 475 g/mol. The Kier molecular flexibility index (Phi) is 6.69. The standard InChI is InChI=1S/C22H20ClFN4O3S/c23-14-5-4-13(17(24)10-14)9-19(29)27-21-20(31-22(25)30)16-6-8-28(12-18(16)32-21)11-15-3-1-2-7-26-15/h1-5,7,10H,6,8-9,11-12H2,(H2,25,30)(H,27,29). The van der Waals surface area contributed by atoms with Gasteiger partial charge in [-0.15, -0.1) is 11.3 Å². The Hall–Kier alpha value is -3.01. The van der Waals surface area contributed by atoms with Crippen LogP contribution >= 0.6 is 22.9 Å². The lowest BCUT2D eigenvalue weighted by Crippen LogP contribution is -2.29. The Balaban J connectivity index is 1.52. The number of halogens is 2. The zero-order valence-corrected chi connectivity index (χ0v) is 18.5. The largest absolute Gasteiger partial charge is 0.410 e. The quantitative estimate of drug-likeness (QED) is 0.559. The first-order chi connectivity index (χ1) is 15.4. The molecule has 0 atom stereocenters. The number of nitrogens with two attached hydrogens (primary N) is 1. The zero-order valence-electron chi connectivity index (χ0n) is 16.9.